The Morgan fingerprint density at radius 1 is 1.00 bits per heavy atom. The Balaban J connectivity index is 0.000000490. The van der Waals surface area contributed by atoms with Crippen molar-refractivity contribution in [3.63, 3.8) is 0 Å². The van der Waals surface area contributed by atoms with E-state index in [1.807, 2.05) is 18.2 Å². The van der Waals surface area contributed by atoms with E-state index in [1.165, 1.54) is 3.57 Å². The Kier molecular flexibility index (Phi) is 5.79. The molecule has 0 aliphatic heterocycles. The average Bonchev–Trinajstić information content (AvgIpc) is 1.69. The molecule has 0 bridgehead atoms. The molecule has 0 fully saturated rings. The van der Waals surface area contributed by atoms with Gasteiger partial charge in [-0.2, -0.15) is 0 Å². The minimum atomic E-state index is 0. The first-order valence-electron chi connectivity index (χ1n) is 2.10. The van der Waals surface area contributed by atoms with Crippen molar-refractivity contribution in [3.05, 3.63) is 33.9 Å². The van der Waals surface area contributed by atoms with E-state index in [9.17, 15) is 0 Å². The van der Waals surface area contributed by atoms with Crippen LogP contribution in [0.2, 0.25) is 0 Å². The first kappa shape index (κ1) is 9.21. The van der Waals surface area contributed by atoms with Crippen LogP contribution in [-0.4, -0.2) is 37.7 Å². The summed E-state index contributed by atoms with van der Waals surface area (Å²) in [4.78, 5) is 0. The van der Waals surface area contributed by atoms with Gasteiger partial charge in [0, 0.05) is 41.3 Å². The molecule has 2 heteroatoms. The van der Waals surface area contributed by atoms with Gasteiger partial charge in [0.25, 0.3) is 0 Å². The number of hydrogen-bond donors (Lipinski definition) is 0. The Labute approximate surface area is 92.8 Å². The minimum Gasteiger partial charge on any atom is -0.0622 e. The van der Waals surface area contributed by atoms with Crippen molar-refractivity contribution in [1.29, 1.82) is 0 Å². The van der Waals surface area contributed by atoms with Gasteiger partial charge >= 0.3 is 0 Å². The fraction of sp³-hybridized carbons (Fsp3) is 0. The molecule has 0 amide bonds. The van der Waals surface area contributed by atoms with Crippen molar-refractivity contribution in [3.8, 4) is 0 Å². The fourth-order valence-corrected chi connectivity index (χ4v) is 0.830. The maximum atomic E-state index is 2.28. The molecule has 0 aliphatic carbocycles. The van der Waals surface area contributed by atoms with Gasteiger partial charge in [-0.3, -0.25) is 0 Å². The van der Waals surface area contributed by atoms with E-state index in [0.717, 1.165) is 0 Å². The van der Waals surface area contributed by atoms with E-state index in [1.54, 1.807) is 0 Å². The summed E-state index contributed by atoms with van der Waals surface area (Å²) in [6.45, 7) is 0. The zero-order valence-electron chi connectivity index (χ0n) is 4.47. The van der Waals surface area contributed by atoms with Crippen molar-refractivity contribution < 1.29 is 0 Å². The molecule has 0 unspecified atom stereocenters. The molecule has 0 N–H and O–H groups in total. The van der Waals surface area contributed by atoms with Crippen LogP contribution in [0.5, 0.6) is 0 Å². The van der Waals surface area contributed by atoms with E-state index in [0.29, 0.717) is 0 Å². The van der Waals surface area contributed by atoms with Gasteiger partial charge in [0.05, 0.1) is 0 Å². The Bertz CT molecular complexity index is 138. The fourth-order valence-electron chi connectivity index (χ4n) is 0.415. The number of halogens is 1. The molecule has 0 saturated carbocycles. The molecule has 0 aromatic heterocycles. The van der Waals surface area contributed by atoms with Crippen LogP contribution in [0.25, 0.3) is 0 Å². The second-order valence-corrected chi connectivity index (χ2v) is 2.54. The molecule has 8 heavy (non-hydrogen) atoms. The monoisotopic (exact) mass is 244 g/mol. The van der Waals surface area contributed by atoms with Crippen LogP contribution in [-0.2, 0) is 0 Å². The van der Waals surface area contributed by atoms with Crippen molar-refractivity contribution in [2.75, 3.05) is 0 Å². The topological polar surface area (TPSA) is 0 Å². The third kappa shape index (κ3) is 3.28. The third-order valence-corrected chi connectivity index (χ3v) is 1.45. The smallest absolute Gasteiger partial charge is 0.0130 e. The van der Waals surface area contributed by atoms with E-state index in [4.69, 9.17) is 0 Å². The van der Waals surface area contributed by atoms with Crippen LogP contribution < -0.4 is 0 Å². The first-order chi connectivity index (χ1) is 3.39. The second kappa shape index (κ2) is 5.03. The van der Waals surface area contributed by atoms with E-state index < -0.39 is 0 Å². The standard InChI is InChI=1S/C6H5I.Ca/c7-6-4-2-1-3-5-6;/h1-5H;. The number of benzene rings is 1. The van der Waals surface area contributed by atoms with Gasteiger partial charge in [-0.15, -0.1) is 0 Å². The first-order valence-corrected chi connectivity index (χ1v) is 3.18. The minimum absolute atomic E-state index is 0. The van der Waals surface area contributed by atoms with Crippen LogP contribution >= 0.6 is 22.6 Å². The molecule has 1 aromatic carbocycles. The Morgan fingerprint density at radius 2 is 1.50 bits per heavy atom. The van der Waals surface area contributed by atoms with Crippen LogP contribution in [0.3, 0.4) is 0 Å². The summed E-state index contributed by atoms with van der Waals surface area (Å²) in [6.07, 6.45) is 0. The Morgan fingerprint density at radius 3 is 1.75 bits per heavy atom. The van der Waals surface area contributed by atoms with Gasteiger partial charge in [0.1, 0.15) is 0 Å². The molecule has 0 nitrogen and oxygen atoms in total. The van der Waals surface area contributed by atoms with Gasteiger partial charge in [-0.25, -0.2) is 0 Å². The quantitative estimate of drug-likeness (QED) is 0.483. The molecule has 38 valence electrons. The molecular weight excluding hydrogens is 239 g/mol. The molecular formula is C6H5CaI. The van der Waals surface area contributed by atoms with Crippen LogP contribution in [0.4, 0.5) is 0 Å². The van der Waals surface area contributed by atoms with Crippen molar-refractivity contribution >= 4 is 60.3 Å². The largest absolute Gasteiger partial charge is 0.0622 e. The van der Waals surface area contributed by atoms with Crippen molar-refractivity contribution in [1.82, 2.24) is 0 Å². The summed E-state index contributed by atoms with van der Waals surface area (Å²) in [5.41, 5.74) is 0. The maximum absolute atomic E-state index is 2.28. The van der Waals surface area contributed by atoms with Gasteiger partial charge in [0.2, 0.25) is 0 Å². The molecule has 0 spiro atoms. The summed E-state index contributed by atoms with van der Waals surface area (Å²) in [5, 5.41) is 0. The molecule has 1 rings (SSSR count). The normalized spacial score (nSPS) is 7.62. The van der Waals surface area contributed by atoms with Crippen LogP contribution in [0, 0.1) is 3.57 Å². The number of rotatable bonds is 0. The van der Waals surface area contributed by atoms with E-state index in [-0.39, 0.29) is 37.7 Å². The van der Waals surface area contributed by atoms with Gasteiger partial charge in [-0.05, 0) is 34.7 Å². The summed E-state index contributed by atoms with van der Waals surface area (Å²) < 4.78 is 1.29. The summed E-state index contributed by atoms with van der Waals surface area (Å²) in [6, 6.07) is 10.2. The third-order valence-electron chi connectivity index (χ3n) is 0.733. The van der Waals surface area contributed by atoms with Crippen LogP contribution in [0.1, 0.15) is 0 Å². The van der Waals surface area contributed by atoms with Gasteiger partial charge in [-0.1, -0.05) is 18.2 Å². The maximum Gasteiger partial charge on any atom is 0.0130 e. The van der Waals surface area contributed by atoms with Gasteiger partial charge in [0.15, 0.2) is 0 Å². The molecule has 1 aromatic rings. The summed E-state index contributed by atoms with van der Waals surface area (Å²) in [7, 11) is 0. The predicted molar refractivity (Wildman–Crippen MR) is 44.9 cm³/mol. The van der Waals surface area contributed by atoms with Gasteiger partial charge < -0.3 is 0 Å². The van der Waals surface area contributed by atoms with E-state index in [2.05, 4.69) is 34.7 Å². The predicted octanol–water partition coefficient (Wildman–Crippen LogP) is 1.91. The zero-order valence-corrected chi connectivity index (χ0v) is 8.84. The molecule has 0 saturated heterocycles. The summed E-state index contributed by atoms with van der Waals surface area (Å²) in [5.74, 6) is 0. The molecule has 0 aliphatic rings. The van der Waals surface area contributed by atoms with Crippen molar-refractivity contribution in [2.45, 2.75) is 0 Å². The molecule has 2 radical (unpaired) electrons. The zero-order chi connectivity index (χ0) is 5.11. The molecule has 0 atom stereocenters. The Hall–Kier alpha value is 1.21. The number of hydrogen-bond acceptors (Lipinski definition) is 0. The summed E-state index contributed by atoms with van der Waals surface area (Å²) >= 11 is 2.28. The van der Waals surface area contributed by atoms with Crippen molar-refractivity contribution in [2.24, 2.45) is 0 Å². The SMILES string of the molecule is Ic1ccccc1.[Ca]. The van der Waals surface area contributed by atoms with Crippen LogP contribution in [0.15, 0.2) is 30.3 Å². The van der Waals surface area contributed by atoms with E-state index >= 15 is 0 Å². The second-order valence-electron chi connectivity index (χ2n) is 1.30. The molecule has 0 heterocycles. The average molecular weight is 244 g/mol.